The maximum atomic E-state index is 13.5. The molecule has 1 unspecified atom stereocenters. The predicted molar refractivity (Wildman–Crippen MR) is 179 cm³/mol. The van der Waals surface area contributed by atoms with Crippen LogP contribution in [0.25, 0.3) is 0 Å². The van der Waals surface area contributed by atoms with E-state index in [0.29, 0.717) is 32.3 Å². The van der Waals surface area contributed by atoms with Crippen molar-refractivity contribution in [2.75, 3.05) is 6.61 Å². The van der Waals surface area contributed by atoms with Gasteiger partial charge in [0.2, 0.25) is 5.91 Å². The molecule has 0 saturated heterocycles. The standard InChI is InChI=1S/C38H53NO6/c1-10-14-30-28-15-13-16-32(40)29(28)21-22-33(30)43-24-12-11-23-38(8,9)35(42)39-31(34(41)45-37(5,6)7)25-26-17-19-27(20-18-26)44-36(2,3)4/h10,17-22,31H,1,11-16,23-25H2,2-9H3,(H,39,42). The third-order valence-corrected chi connectivity index (χ3v) is 7.72. The van der Waals surface area contributed by atoms with Gasteiger partial charge >= 0.3 is 5.97 Å². The van der Waals surface area contributed by atoms with Gasteiger partial charge in [-0.15, -0.1) is 6.58 Å². The highest BCUT2D eigenvalue weighted by molar-refractivity contribution is 5.99. The Kier molecular flexibility index (Phi) is 12.0. The second kappa shape index (κ2) is 15.1. The van der Waals surface area contributed by atoms with Gasteiger partial charge in [0, 0.05) is 29.4 Å². The minimum absolute atomic E-state index is 0.195. The number of esters is 1. The number of fused-ring (bicyclic) bond motifs is 1. The molecule has 45 heavy (non-hydrogen) atoms. The highest BCUT2D eigenvalue weighted by Gasteiger charge is 2.33. The van der Waals surface area contributed by atoms with E-state index >= 15 is 0 Å². The molecule has 7 heteroatoms. The SMILES string of the molecule is C=CCc1c(OCCCCC(C)(C)C(=O)NC(Cc2ccc(OC(C)(C)C)cc2)C(=O)OC(C)(C)C)ccc2c1CCCC2=O. The number of benzene rings is 2. The second-order valence-corrected chi connectivity index (χ2v) is 14.6. The first-order chi connectivity index (χ1) is 21.0. The molecule has 1 atom stereocenters. The van der Waals surface area contributed by atoms with Gasteiger partial charge in [0.05, 0.1) is 6.61 Å². The van der Waals surface area contributed by atoms with Crippen LogP contribution in [-0.4, -0.2) is 41.5 Å². The van der Waals surface area contributed by atoms with Crippen LogP contribution >= 0.6 is 0 Å². The van der Waals surface area contributed by atoms with Gasteiger partial charge < -0.3 is 19.5 Å². The Bertz CT molecular complexity index is 1340. The summed E-state index contributed by atoms with van der Waals surface area (Å²) in [4.78, 5) is 39.1. The van der Waals surface area contributed by atoms with E-state index in [0.717, 1.165) is 59.4 Å². The first-order valence-electron chi connectivity index (χ1n) is 16.2. The van der Waals surface area contributed by atoms with Crippen molar-refractivity contribution in [3.8, 4) is 11.5 Å². The van der Waals surface area contributed by atoms with Gasteiger partial charge in [-0.3, -0.25) is 9.59 Å². The summed E-state index contributed by atoms with van der Waals surface area (Å²) in [6, 6.07) is 10.6. The molecule has 2 aromatic carbocycles. The number of nitrogens with one attached hydrogen (secondary N) is 1. The molecule has 0 fully saturated rings. The van der Waals surface area contributed by atoms with E-state index in [1.807, 2.05) is 97.9 Å². The molecular weight excluding hydrogens is 566 g/mol. The Balaban J connectivity index is 1.59. The quantitative estimate of drug-likeness (QED) is 0.132. The van der Waals surface area contributed by atoms with Gasteiger partial charge in [0.25, 0.3) is 0 Å². The monoisotopic (exact) mass is 619 g/mol. The summed E-state index contributed by atoms with van der Waals surface area (Å²) in [5.41, 5.74) is 2.15. The molecule has 0 spiro atoms. The van der Waals surface area contributed by atoms with Crippen molar-refractivity contribution in [2.45, 2.75) is 124 Å². The fourth-order valence-corrected chi connectivity index (χ4v) is 5.45. The van der Waals surface area contributed by atoms with Crippen LogP contribution in [0.1, 0.15) is 115 Å². The van der Waals surface area contributed by atoms with Crippen LogP contribution in [-0.2, 0) is 33.6 Å². The largest absolute Gasteiger partial charge is 0.493 e. The van der Waals surface area contributed by atoms with E-state index in [4.69, 9.17) is 14.2 Å². The summed E-state index contributed by atoms with van der Waals surface area (Å²) in [6.45, 7) is 19.6. The molecule has 1 amide bonds. The third-order valence-electron chi connectivity index (χ3n) is 7.72. The number of ether oxygens (including phenoxy) is 3. The predicted octanol–water partition coefficient (Wildman–Crippen LogP) is 7.76. The number of hydrogen-bond acceptors (Lipinski definition) is 6. The molecule has 1 N–H and O–H groups in total. The van der Waals surface area contributed by atoms with Gasteiger partial charge in [-0.1, -0.05) is 32.1 Å². The topological polar surface area (TPSA) is 90.9 Å². The molecule has 1 aliphatic rings. The maximum absolute atomic E-state index is 13.5. The maximum Gasteiger partial charge on any atom is 0.329 e. The molecule has 0 heterocycles. The molecule has 246 valence electrons. The lowest BCUT2D eigenvalue weighted by Gasteiger charge is -2.29. The molecular formula is C38H53NO6. The first-order valence-corrected chi connectivity index (χ1v) is 16.2. The molecule has 7 nitrogen and oxygen atoms in total. The van der Waals surface area contributed by atoms with Gasteiger partial charge in [-0.25, -0.2) is 4.79 Å². The van der Waals surface area contributed by atoms with E-state index in [1.165, 1.54) is 0 Å². The highest BCUT2D eigenvalue weighted by Crippen LogP contribution is 2.32. The van der Waals surface area contributed by atoms with E-state index in [-0.39, 0.29) is 17.3 Å². The lowest BCUT2D eigenvalue weighted by Crippen LogP contribution is -2.49. The number of ketones is 1. The smallest absolute Gasteiger partial charge is 0.329 e. The van der Waals surface area contributed by atoms with Crippen molar-refractivity contribution < 1.29 is 28.6 Å². The summed E-state index contributed by atoms with van der Waals surface area (Å²) in [5, 5.41) is 2.99. The molecule has 0 radical (unpaired) electrons. The van der Waals surface area contributed by atoms with Gasteiger partial charge in [0.15, 0.2) is 5.78 Å². The molecule has 0 saturated carbocycles. The van der Waals surface area contributed by atoms with Crippen molar-refractivity contribution in [1.29, 1.82) is 0 Å². The average Bonchev–Trinajstić information content (AvgIpc) is 2.93. The van der Waals surface area contributed by atoms with Crippen molar-refractivity contribution in [2.24, 2.45) is 5.41 Å². The molecule has 0 aromatic heterocycles. The zero-order valence-corrected chi connectivity index (χ0v) is 28.6. The van der Waals surface area contributed by atoms with Crippen LogP contribution in [0.3, 0.4) is 0 Å². The minimum Gasteiger partial charge on any atom is -0.493 e. The molecule has 0 bridgehead atoms. The Hall–Kier alpha value is -3.61. The normalized spacial score (nSPS) is 14.3. The fraction of sp³-hybridized carbons (Fsp3) is 0.553. The van der Waals surface area contributed by atoms with Gasteiger partial charge in [-0.2, -0.15) is 0 Å². The van der Waals surface area contributed by atoms with Crippen molar-refractivity contribution in [1.82, 2.24) is 5.32 Å². The first kappa shape index (κ1) is 35.9. The summed E-state index contributed by atoms with van der Waals surface area (Å²) in [7, 11) is 0. The third kappa shape index (κ3) is 11.1. The van der Waals surface area contributed by atoms with Crippen molar-refractivity contribution in [3.63, 3.8) is 0 Å². The van der Waals surface area contributed by atoms with Crippen molar-refractivity contribution in [3.05, 3.63) is 71.3 Å². The van der Waals surface area contributed by atoms with Crippen molar-refractivity contribution >= 4 is 17.7 Å². The number of Topliss-reactive ketones (excluding diaryl/α,β-unsaturated/α-hetero) is 1. The van der Waals surface area contributed by atoms with E-state index in [9.17, 15) is 14.4 Å². The minimum atomic E-state index is -0.826. The summed E-state index contributed by atoms with van der Waals surface area (Å²) < 4.78 is 17.8. The Morgan fingerprint density at radius 2 is 1.62 bits per heavy atom. The number of rotatable bonds is 14. The number of amides is 1. The molecule has 0 aliphatic heterocycles. The Morgan fingerprint density at radius 1 is 0.933 bits per heavy atom. The average molecular weight is 620 g/mol. The van der Waals surface area contributed by atoms with E-state index in [1.54, 1.807) is 0 Å². The van der Waals surface area contributed by atoms with Crippen LogP contribution in [0, 0.1) is 5.41 Å². The van der Waals surface area contributed by atoms with E-state index < -0.39 is 23.0 Å². The van der Waals surface area contributed by atoms with Crippen LogP contribution in [0.4, 0.5) is 0 Å². The Morgan fingerprint density at radius 3 is 2.24 bits per heavy atom. The lowest BCUT2D eigenvalue weighted by molar-refractivity contribution is -0.159. The Labute approximate surface area is 270 Å². The van der Waals surface area contributed by atoms with Gasteiger partial charge in [0.1, 0.15) is 28.7 Å². The zero-order valence-electron chi connectivity index (χ0n) is 28.6. The number of allylic oxidation sites excluding steroid dienone is 1. The van der Waals surface area contributed by atoms with E-state index in [2.05, 4.69) is 11.9 Å². The van der Waals surface area contributed by atoms with Gasteiger partial charge in [-0.05, 0) is 115 Å². The summed E-state index contributed by atoms with van der Waals surface area (Å²) in [5.74, 6) is 1.09. The molecule has 3 rings (SSSR count). The lowest BCUT2D eigenvalue weighted by atomic mass is 9.85. The highest BCUT2D eigenvalue weighted by atomic mass is 16.6. The fourth-order valence-electron chi connectivity index (χ4n) is 5.45. The number of carbonyl (C=O) groups excluding carboxylic acids is 3. The second-order valence-electron chi connectivity index (χ2n) is 14.6. The zero-order chi connectivity index (χ0) is 33.4. The summed E-state index contributed by atoms with van der Waals surface area (Å²) >= 11 is 0. The van der Waals surface area contributed by atoms with Crippen LogP contribution in [0.2, 0.25) is 0 Å². The van der Waals surface area contributed by atoms with Crippen LogP contribution in [0.15, 0.2) is 49.1 Å². The number of unbranched alkanes of at least 4 members (excludes halogenated alkanes) is 1. The van der Waals surface area contributed by atoms with Crippen LogP contribution in [0.5, 0.6) is 11.5 Å². The summed E-state index contributed by atoms with van der Waals surface area (Å²) in [6.07, 6.45) is 7.32. The number of carbonyl (C=O) groups is 3. The number of hydrogen-bond donors (Lipinski definition) is 1. The molecule has 1 aliphatic carbocycles. The molecule has 2 aromatic rings. The van der Waals surface area contributed by atoms with Crippen LogP contribution < -0.4 is 14.8 Å².